The highest BCUT2D eigenvalue weighted by molar-refractivity contribution is 7.10. The van der Waals surface area contributed by atoms with Gasteiger partial charge in [-0.15, -0.1) is 11.3 Å². The highest BCUT2D eigenvalue weighted by Gasteiger charge is 2.28. The van der Waals surface area contributed by atoms with Crippen LogP contribution in [0, 0.1) is 5.92 Å². The molecule has 1 fully saturated rings. The van der Waals surface area contributed by atoms with E-state index in [1.54, 1.807) is 23.5 Å². The van der Waals surface area contributed by atoms with Crippen molar-refractivity contribution in [2.24, 2.45) is 5.92 Å². The fourth-order valence-corrected chi connectivity index (χ4v) is 4.27. The fraction of sp³-hybridized carbons (Fsp3) is 0.421. The Morgan fingerprint density at radius 3 is 2.70 bits per heavy atom. The summed E-state index contributed by atoms with van der Waals surface area (Å²) in [7, 11) is 0. The smallest absolute Gasteiger partial charge is 0.220 e. The quantitative estimate of drug-likeness (QED) is 0.823. The Balaban J connectivity index is 1.61. The molecule has 1 aromatic heterocycles. The van der Waals surface area contributed by atoms with Gasteiger partial charge in [0.2, 0.25) is 5.91 Å². The molecular weight excluding hydrogens is 306 g/mol. The van der Waals surface area contributed by atoms with Crippen molar-refractivity contribution >= 4 is 17.2 Å². The Kier molecular flexibility index (Phi) is 5.34. The van der Waals surface area contributed by atoms with Crippen LogP contribution in [0.2, 0.25) is 0 Å². The molecule has 0 saturated heterocycles. The lowest BCUT2D eigenvalue weighted by Crippen LogP contribution is -2.32. The van der Waals surface area contributed by atoms with Crippen LogP contribution in [-0.2, 0) is 11.2 Å². The third kappa shape index (κ3) is 4.14. The van der Waals surface area contributed by atoms with Crippen LogP contribution in [0.25, 0.3) is 0 Å². The van der Waals surface area contributed by atoms with Crippen LogP contribution in [0.3, 0.4) is 0 Å². The monoisotopic (exact) mass is 329 g/mol. The summed E-state index contributed by atoms with van der Waals surface area (Å²) in [5.41, 5.74) is 0.830. The predicted octanol–water partition coefficient (Wildman–Crippen LogP) is 4.43. The molecule has 2 aromatic rings. The minimum absolute atomic E-state index is 0.0681. The Morgan fingerprint density at radius 1 is 1.22 bits per heavy atom. The Morgan fingerprint density at radius 2 is 2.00 bits per heavy atom. The third-order valence-electron chi connectivity index (χ3n) is 4.65. The van der Waals surface area contributed by atoms with Crippen LogP contribution in [0.15, 0.2) is 41.8 Å². The van der Waals surface area contributed by atoms with Gasteiger partial charge in [0.1, 0.15) is 5.75 Å². The van der Waals surface area contributed by atoms with Crippen molar-refractivity contribution in [2.75, 3.05) is 0 Å². The summed E-state index contributed by atoms with van der Waals surface area (Å²) in [6.07, 6.45) is 5.90. The van der Waals surface area contributed by atoms with Crippen LogP contribution < -0.4 is 5.32 Å². The van der Waals surface area contributed by atoms with Gasteiger partial charge < -0.3 is 10.4 Å². The summed E-state index contributed by atoms with van der Waals surface area (Å²) in [5, 5.41) is 15.1. The number of hydrogen-bond acceptors (Lipinski definition) is 3. The molecule has 0 spiro atoms. The number of carbonyl (C=O) groups is 1. The van der Waals surface area contributed by atoms with Gasteiger partial charge in [-0.3, -0.25) is 4.79 Å². The van der Waals surface area contributed by atoms with Crippen LogP contribution in [0.5, 0.6) is 5.75 Å². The van der Waals surface area contributed by atoms with E-state index in [4.69, 9.17) is 0 Å². The zero-order valence-corrected chi connectivity index (χ0v) is 14.0. The van der Waals surface area contributed by atoms with E-state index in [1.807, 2.05) is 12.1 Å². The van der Waals surface area contributed by atoms with Crippen LogP contribution >= 0.6 is 11.3 Å². The van der Waals surface area contributed by atoms with Gasteiger partial charge in [-0.25, -0.2) is 0 Å². The molecule has 1 heterocycles. The molecule has 3 nitrogen and oxygen atoms in total. The van der Waals surface area contributed by atoms with Crippen molar-refractivity contribution in [3.63, 3.8) is 0 Å². The summed E-state index contributed by atoms with van der Waals surface area (Å²) >= 11 is 1.72. The summed E-state index contributed by atoms with van der Waals surface area (Å²) < 4.78 is 0. The molecule has 3 rings (SSSR count). The SMILES string of the molecule is O=C(CCc1ccccc1O)N[C@H](c1cccs1)C1CCCC1. The van der Waals surface area contributed by atoms with Crippen LogP contribution in [-0.4, -0.2) is 11.0 Å². The summed E-state index contributed by atoms with van der Waals surface area (Å²) in [6.45, 7) is 0. The minimum atomic E-state index is 0.0681. The van der Waals surface area contributed by atoms with Crippen molar-refractivity contribution in [3.05, 3.63) is 52.2 Å². The van der Waals surface area contributed by atoms with E-state index in [0.29, 0.717) is 18.8 Å². The number of nitrogens with one attached hydrogen (secondary N) is 1. The maximum Gasteiger partial charge on any atom is 0.220 e. The lowest BCUT2D eigenvalue weighted by atomic mass is 9.96. The second-order valence-corrected chi connectivity index (χ2v) is 7.21. The summed E-state index contributed by atoms with van der Waals surface area (Å²) in [6, 6.07) is 11.5. The number of phenolic OH excluding ortho intramolecular Hbond substituents is 1. The Hall–Kier alpha value is -1.81. The first kappa shape index (κ1) is 16.1. The number of para-hydroxylation sites is 1. The van der Waals surface area contributed by atoms with Crippen molar-refractivity contribution in [2.45, 2.75) is 44.6 Å². The normalized spacial score (nSPS) is 16.3. The van der Waals surface area contributed by atoms with Gasteiger partial charge in [0.25, 0.3) is 0 Å². The van der Waals surface area contributed by atoms with E-state index in [9.17, 15) is 9.90 Å². The molecule has 1 atom stereocenters. The van der Waals surface area contributed by atoms with Crippen molar-refractivity contribution in [1.29, 1.82) is 0 Å². The number of amides is 1. The number of benzene rings is 1. The highest BCUT2D eigenvalue weighted by atomic mass is 32.1. The van der Waals surface area contributed by atoms with Crippen molar-refractivity contribution in [3.8, 4) is 5.75 Å². The zero-order valence-electron chi connectivity index (χ0n) is 13.2. The minimum Gasteiger partial charge on any atom is -0.508 e. The van der Waals surface area contributed by atoms with E-state index < -0.39 is 0 Å². The fourth-order valence-electron chi connectivity index (χ4n) is 3.40. The molecule has 0 bridgehead atoms. The van der Waals surface area contributed by atoms with Crippen LogP contribution in [0.4, 0.5) is 0 Å². The van der Waals surface area contributed by atoms with Crippen LogP contribution in [0.1, 0.15) is 48.6 Å². The molecule has 4 heteroatoms. The Bertz CT molecular complexity index is 633. The number of phenols is 1. The Labute approximate surface area is 141 Å². The first-order valence-corrected chi connectivity index (χ1v) is 9.21. The lowest BCUT2D eigenvalue weighted by molar-refractivity contribution is -0.122. The first-order chi connectivity index (χ1) is 11.2. The van der Waals surface area contributed by atoms with Gasteiger partial charge in [0.15, 0.2) is 0 Å². The molecule has 1 amide bonds. The van der Waals surface area contributed by atoms with E-state index in [0.717, 1.165) is 5.56 Å². The highest BCUT2D eigenvalue weighted by Crippen LogP contribution is 2.37. The third-order valence-corrected chi connectivity index (χ3v) is 5.61. The summed E-state index contributed by atoms with van der Waals surface area (Å²) in [4.78, 5) is 13.7. The molecule has 122 valence electrons. The number of aromatic hydroxyl groups is 1. The summed E-state index contributed by atoms with van der Waals surface area (Å²) in [5.74, 6) is 0.896. The van der Waals surface area contributed by atoms with Crippen molar-refractivity contribution < 1.29 is 9.90 Å². The number of rotatable bonds is 6. The molecule has 2 N–H and O–H groups in total. The number of carbonyl (C=O) groups excluding carboxylic acids is 1. The lowest BCUT2D eigenvalue weighted by Gasteiger charge is -2.24. The van der Waals surface area contributed by atoms with Gasteiger partial charge in [-0.2, -0.15) is 0 Å². The zero-order chi connectivity index (χ0) is 16.1. The second kappa shape index (κ2) is 7.64. The average molecular weight is 329 g/mol. The van der Waals surface area contributed by atoms with Gasteiger partial charge in [-0.05, 0) is 48.3 Å². The molecule has 0 radical (unpaired) electrons. The number of aryl methyl sites for hydroxylation is 1. The predicted molar refractivity (Wildman–Crippen MR) is 93.6 cm³/mol. The van der Waals surface area contributed by atoms with Gasteiger partial charge in [0.05, 0.1) is 6.04 Å². The molecule has 1 aliphatic carbocycles. The molecule has 23 heavy (non-hydrogen) atoms. The maximum atomic E-state index is 12.4. The van der Waals surface area contributed by atoms with Gasteiger partial charge in [0, 0.05) is 11.3 Å². The largest absolute Gasteiger partial charge is 0.508 e. The maximum absolute atomic E-state index is 12.4. The van der Waals surface area contributed by atoms with Gasteiger partial charge in [-0.1, -0.05) is 37.1 Å². The van der Waals surface area contributed by atoms with Gasteiger partial charge >= 0.3 is 0 Å². The molecule has 0 unspecified atom stereocenters. The number of thiophene rings is 1. The van der Waals surface area contributed by atoms with E-state index >= 15 is 0 Å². The van der Waals surface area contributed by atoms with E-state index in [2.05, 4.69) is 22.8 Å². The second-order valence-electron chi connectivity index (χ2n) is 6.23. The average Bonchev–Trinajstić information content (AvgIpc) is 3.25. The van der Waals surface area contributed by atoms with E-state index in [-0.39, 0.29) is 17.7 Å². The standard InChI is InChI=1S/C19H23NO2S/c21-16-9-4-3-6-14(16)11-12-18(22)20-19(15-7-1-2-8-15)17-10-5-13-23-17/h3-6,9-10,13,15,19,21H,1-2,7-8,11-12H2,(H,20,22)/t19-/m0/s1. The first-order valence-electron chi connectivity index (χ1n) is 8.33. The van der Waals surface area contributed by atoms with E-state index in [1.165, 1.54) is 30.6 Å². The molecule has 1 aromatic carbocycles. The molecule has 1 aliphatic rings. The molecular formula is C19H23NO2S. The number of hydrogen-bond donors (Lipinski definition) is 2. The van der Waals surface area contributed by atoms with Crippen molar-refractivity contribution in [1.82, 2.24) is 5.32 Å². The topological polar surface area (TPSA) is 49.3 Å². The molecule has 0 aliphatic heterocycles. The molecule has 1 saturated carbocycles.